The maximum Gasteiger partial charge on any atom is 0.408 e. The normalized spacial score (nSPS) is 13.1. The van der Waals surface area contributed by atoms with E-state index < -0.39 is 163 Å². The predicted molar refractivity (Wildman–Crippen MR) is 241 cm³/mol. The summed E-state index contributed by atoms with van der Waals surface area (Å²) in [7, 11) is 0. The van der Waals surface area contributed by atoms with Gasteiger partial charge in [0.25, 0.3) is 0 Å². The van der Waals surface area contributed by atoms with E-state index in [0.29, 0.717) is 5.56 Å². The number of ether oxygens (including phenoxy) is 1. The summed E-state index contributed by atoms with van der Waals surface area (Å²) in [5, 5.41) is 62.8. The summed E-state index contributed by atoms with van der Waals surface area (Å²) in [5.74, 6) is -14.5. The number of amides is 8. The van der Waals surface area contributed by atoms with Crippen molar-refractivity contribution in [2.45, 2.75) is 101 Å². The van der Waals surface area contributed by atoms with Crippen LogP contribution in [0.25, 0.3) is 0 Å². The first-order valence-electron chi connectivity index (χ1n) is 21.1. The number of nitrogens with one attached hydrogen (secondary N) is 6. The summed E-state index contributed by atoms with van der Waals surface area (Å²) in [6, 6.07) is -0.149. The minimum absolute atomic E-state index is 0.0460. The second kappa shape index (κ2) is 28.9. The lowest BCUT2D eigenvalue weighted by Crippen LogP contribution is -2.60. The minimum atomic E-state index is -2.07. The van der Waals surface area contributed by atoms with Crippen molar-refractivity contribution in [3.05, 3.63) is 69.8 Å². The molecule has 30 nitrogen and oxygen atoms in total. The number of phenolic OH excluding ortho intramolecular Hbond substituents is 1. The quantitative estimate of drug-likeness (QED) is 0.0113. The molecule has 0 heterocycles. The molecule has 2 aromatic rings. The van der Waals surface area contributed by atoms with E-state index in [9.17, 15) is 83.3 Å². The molecule has 0 unspecified atom stereocenters. The number of carboxylic acids is 3. The molecule has 0 fully saturated rings. The van der Waals surface area contributed by atoms with Gasteiger partial charge < -0.3 is 80.0 Å². The smallest absolute Gasteiger partial charge is 0.408 e. The summed E-state index contributed by atoms with van der Waals surface area (Å²) in [6.07, 6.45) is -6.87. The van der Waals surface area contributed by atoms with Crippen LogP contribution in [0.2, 0.25) is 0 Å². The number of carboxylic acid groups (broad SMARTS) is 3. The zero-order valence-corrected chi connectivity index (χ0v) is 37.6. The molecule has 0 aliphatic carbocycles. The number of aliphatic imine (C=N–C) groups is 1. The third-order valence-corrected chi connectivity index (χ3v) is 9.71. The number of benzene rings is 2. The third-order valence-electron chi connectivity index (χ3n) is 9.71. The van der Waals surface area contributed by atoms with Crippen LogP contribution < -0.4 is 54.8 Å². The Labute approximate surface area is 401 Å². The van der Waals surface area contributed by atoms with Crippen molar-refractivity contribution in [3.63, 3.8) is 0 Å². The SMILES string of the molecule is NC(=O)CC[C@H](NC(=O)[C@H](CCC(N)=O)NC(=O)[C@H](CCCN=C(N)N)NC(=O)[C@H](CC(=O)O)NC(=O)OCc1ccccc1)C(=O)N[C@@H](Cc1ccc(O)c([N+](=O)[O-])c1)C(=O)N[C@@H](CC(=O)O)C(=O)O. The lowest BCUT2D eigenvalue weighted by atomic mass is 10.0. The van der Waals surface area contributed by atoms with E-state index in [0.717, 1.165) is 18.2 Å². The fourth-order valence-corrected chi connectivity index (χ4v) is 6.20. The topological polar surface area (TPSA) is 510 Å². The molecule has 0 spiro atoms. The minimum Gasteiger partial charge on any atom is -0.502 e. The highest BCUT2D eigenvalue weighted by atomic mass is 16.6. The molecule has 0 aliphatic rings. The Kier molecular flexibility index (Phi) is 23.6. The number of nitro groups is 1. The van der Waals surface area contributed by atoms with Crippen LogP contribution >= 0.6 is 0 Å². The maximum atomic E-state index is 14.0. The number of carbonyl (C=O) groups excluding carboxylic acids is 8. The summed E-state index contributed by atoms with van der Waals surface area (Å²) < 4.78 is 5.09. The summed E-state index contributed by atoms with van der Waals surface area (Å²) >= 11 is 0. The molecule has 2 aromatic carbocycles. The molecule has 0 saturated carbocycles. The Balaban J connectivity index is 2.50. The van der Waals surface area contributed by atoms with Gasteiger partial charge in [0, 0.05) is 31.9 Å². The maximum absolute atomic E-state index is 14.0. The van der Waals surface area contributed by atoms with Gasteiger partial charge in [-0.05, 0) is 42.9 Å². The van der Waals surface area contributed by atoms with Crippen LogP contribution in [0.4, 0.5) is 10.5 Å². The highest BCUT2D eigenvalue weighted by Gasteiger charge is 2.35. The van der Waals surface area contributed by atoms with Gasteiger partial charge in [-0.2, -0.15) is 0 Å². The first kappa shape index (κ1) is 58.0. The van der Waals surface area contributed by atoms with Gasteiger partial charge in [-0.1, -0.05) is 36.4 Å². The van der Waals surface area contributed by atoms with E-state index in [2.05, 4.69) is 31.6 Å². The zero-order chi connectivity index (χ0) is 53.4. The lowest BCUT2D eigenvalue weighted by molar-refractivity contribution is -0.385. The Morgan fingerprint density at radius 2 is 1.07 bits per heavy atom. The lowest BCUT2D eigenvalue weighted by Gasteiger charge is -2.27. The predicted octanol–water partition coefficient (Wildman–Crippen LogP) is -3.82. The van der Waals surface area contributed by atoms with Gasteiger partial charge in [0.1, 0.15) is 42.9 Å². The van der Waals surface area contributed by atoms with Crippen LogP contribution in [0.15, 0.2) is 53.5 Å². The van der Waals surface area contributed by atoms with E-state index in [1.165, 1.54) is 0 Å². The molecular formula is C41H54N12O18. The molecule has 0 saturated heterocycles. The molecule has 0 radical (unpaired) electrons. The number of nitrogens with zero attached hydrogens (tertiary/aromatic N) is 2. The number of hydrogen-bond donors (Lipinski definition) is 14. The summed E-state index contributed by atoms with van der Waals surface area (Å²) in [4.78, 5) is 155. The largest absolute Gasteiger partial charge is 0.502 e. The van der Waals surface area contributed by atoms with Crippen LogP contribution in [-0.2, 0) is 65.7 Å². The molecule has 6 atom stereocenters. The fraction of sp³-hybridized carbons (Fsp3) is 0.415. The number of nitrogens with two attached hydrogens (primary N) is 4. The molecule has 2 rings (SSSR count). The van der Waals surface area contributed by atoms with Crippen molar-refractivity contribution >= 4 is 77.0 Å². The Morgan fingerprint density at radius 1 is 0.606 bits per heavy atom. The first-order chi connectivity index (χ1) is 33.4. The van der Waals surface area contributed by atoms with Crippen molar-refractivity contribution in [3.8, 4) is 5.75 Å². The number of primary amides is 2. The van der Waals surface area contributed by atoms with Gasteiger partial charge in [0.05, 0.1) is 17.8 Å². The Morgan fingerprint density at radius 3 is 1.55 bits per heavy atom. The van der Waals surface area contributed by atoms with Gasteiger partial charge in [-0.15, -0.1) is 0 Å². The van der Waals surface area contributed by atoms with Gasteiger partial charge in [-0.3, -0.25) is 58.3 Å². The Hall–Kier alpha value is -9.12. The monoisotopic (exact) mass is 1000 g/mol. The number of rotatable bonds is 31. The summed E-state index contributed by atoms with van der Waals surface area (Å²) in [5.41, 5.74) is 21.0. The standard InChI is InChI=1S/C41H54N12O18/c42-30(55)12-9-23(48-34(61)22(7-4-14-46-40(44)45)47-38(65)26(17-32(57)58)52-41(68)71-19-20-5-2-1-3-6-20)35(62)49-24(10-13-31(43)56)36(63)50-25(37(64)51-27(39(66)67)18-33(59)60)15-21-8-11-29(54)28(16-21)53(69)70/h1-3,5-6,8,11,16,22-27,54H,4,7,9-10,12-15,17-19H2,(H2,42,55)(H2,43,56)(H,47,65)(H,48,61)(H,49,62)(H,50,63)(H,51,64)(H,52,68)(H,57,58)(H,59,60)(H,66,67)(H4,44,45,46)/t22-,23-,24-,25-,26-,27-/m0/s1. The fourth-order valence-electron chi connectivity index (χ4n) is 6.20. The van der Waals surface area contributed by atoms with E-state index in [1.54, 1.807) is 30.3 Å². The van der Waals surface area contributed by atoms with E-state index >= 15 is 0 Å². The molecule has 386 valence electrons. The highest BCUT2D eigenvalue weighted by Crippen LogP contribution is 2.27. The van der Waals surface area contributed by atoms with Gasteiger partial charge in [0.2, 0.25) is 41.4 Å². The van der Waals surface area contributed by atoms with Crippen LogP contribution in [0.3, 0.4) is 0 Å². The average Bonchev–Trinajstić information content (AvgIpc) is 3.28. The molecule has 0 aromatic heterocycles. The van der Waals surface area contributed by atoms with E-state index in [-0.39, 0.29) is 37.5 Å². The van der Waals surface area contributed by atoms with Crippen molar-refractivity contribution in [1.82, 2.24) is 31.9 Å². The van der Waals surface area contributed by atoms with Crippen LogP contribution in [0.1, 0.15) is 62.5 Å². The molecule has 71 heavy (non-hydrogen) atoms. The van der Waals surface area contributed by atoms with Crippen molar-refractivity contribution in [2.75, 3.05) is 6.54 Å². The zero-order valence-electron chi connectivity index (χ0n) is 37.6. The number of alkyl carbamates (subject to hydrolysis) is 1. The Bertz CT molecular complexity index is 2330. The second-order valence-electron chi connectivity index (χ2n) is 15.3. The number of phenols is 1. The molecule has 18 N–H and O–H groups in total. The van der Waals surface area contributed by atoms with Gasteiger partial charge in [0.15, 0.2) is 11.7 Å². The van der Waals surface area contributed by atoms with Crippen molar-refractivity contribution < 1.29 is 82.8 Å². The molecule has 0 aliphatic heterocycles. The van der Waals surface area contributed by atoms with Crippen LogP contribution in [0.5, 0.6) is 5.75 Å². The summed E-state index contributed by atoms with van der Waals surface area (Å²) in [6.45, 7) is -0.389. The van der Waals surface area contributed by atoms with E-state index in [4.69, 9.17) is 27.7 Å². The van der Waals surface area contributed by atoms with Crippen molar-refractivity contribution in [2.24, 2.45) is 27.9 Å². The second-order valence-corrected chi connectivity index (χ2v) is 15.3. The third kappa shape index (κ3) is 22.0. The van der Waals surface area contributed by atoms with Crippen molar-refractivity contribution in [1.29, 1.82) is 0 Å². The number of aromatic hydroxyl groups is 1. The number of hydrogen-bond acceptors (Lipinski definition) is 16. The first-order valence-corrected chi connectivity index (χ1v) is 21.1. The highest BCUT2D eigenvalue weighted by molar-refractivity contribution is 5.98. The molecular weight excluding hydrogens is 949 g/mol. The van der Waals surface area contributed by atoms with E-state index in [1.807, 2.05) is 5.32 Å². The van der Waals surface area contributed by atoms with Crippen LogP contribution in [-0.4, -0.2) is 139 Å². The number of carbonyl (C=O) groups is 11. The van der Waals surface area contributed by atoms with Gasteiger partial charge >= 0.3 is 29.7 Å². The van der Waals surface area contributed by atoms with Gasteiger partial charge in [-0.25, -0.2) is 9.59 Å². The molecule has 8 amide bonds. The number of guanidine groups is 1. The number of aliphatic carboxylic acids is 3. The van der Waals surface area contributed by atoms with Crippen LogP contribution in [0, 0.1) is 10.1 Å². The number of nitro benzene ring substituents is 1. The molecule has 30 heteroatoms. The molecule has 0 bridgehead atoms. The average molecular weight is 1000 g/mol.